The van der Waals surface area contributed by atoms with Gasteiger partial charge in [0.25, 0.3) is 0 Å². The van der Waals surface area contributed by atoms with E-state index in [0.29, 0.717) is 13.0 Å². The molecule has 3 rings (SSSR count). The fourth-order valence-electron chi connectivity index (χ4n) is 4.14. The van der Waals surface area contributed by atoms with Gasteiger partial charge in [-0.1, -0.05) is 49.7 Å². The molecule has 1 heterocycles. The van der Waals surface area contributed by atoms with Crippen molar-refractivity contribution in [3.05, 3.63) is 59.7 Å². The van der Waals surface area contributed by atoms with Gasteiger partial charge in [-0.2, -0.15) is 0 Å². The summed E-state index contributed by atoms with van der Waals surface area (Å²) < 4.78 is 0. The van der Waals surface area contributed by atoms with Gasteiger partial charge < -0.3 is 15.1 Å². The van der Waals surface area contributed by atoms with Gasteiger partial charge in [0.1, 0.15) is 0 Å². The third-order valence-electron chi connectivity index (χ3n) is 5.44. The minimum Gasteiger partial charge on any atom is -0.504 e. The topological polar surface area (TPSA) is 60.8 Å². The van der Waals surface area contributed by atoms with E-state index in [1.807, 2.05) is 41.3 Å². The molecular weight excluding hydrogens is 326 g/mol. The summed E-state index contributed by atoms with van der Waals surface area (Å²) in [4.78, 5) is 14.8. The largest absolute Gasteiger partial charge is 0.504 e. The number of nitrogens with zero attached hydrogens (tertiary/aromatic N) is 1. The minimum absolute atomic E-state index is 0.0919. The highest BCUT2D eigenvalue weighted by atomic mass is 16.3. The predicted octanol–water partition coefficient (Wildman–Crippen LogP) is 4.00. The minimum atomic E-state index is -0.162. The molecule has 26 heavy (non-hydrogen) atoms. The number of phenolic OH excluding ortho intramolecular Hbond substituents is 2. The van der Waals surface area contributed by atoms with E-state index in [1.54, 1.807) is 12.1 Å². The lowest BCUT2D eigenvalue weighted by atomic mass is 9.71. The Hall–Kier alpha value is -2.49. The summed E-state index contributed by atoms with van der Waals surface area (Å²) in [5, 5.41) is 19.6. The van der Waals surface area contributed by atoms with Crippen molar-refractivity contribution in [1.82, 2.24) is 4.90 Å². The summed E-state index contributed by atoms with van der Waals surface area (Å²) in [6.07, 6.45) is 4.31. The summed E-state index contributed by atoms with van der Waals surface area (Å²) in [7, 11) is 0. The van der Waals surface area contributed by atoms with Gasteiger partial charge in [0.05, 0.1) is 6.42 Å². The van der Waals surface area contributed by atoms with E-state index in [9.17, 15) is 15.0 Å². The first-order valence-electron chi connectivity index (χ1n) is 9.38. The first kappa shape index (κ1) is 18.3. The first-order valence-corrected chi connectivity index (χ1v) is 9.38. The average molecular weight is 353 g/mol. The van der Waals surface area contributed by atoms with Crippen molar-refractivity contribution in [2.45, 2.75) is 44.4 Å². The summed E-state index contributed by atoms with van der Waals surface area (Å²) in [6, 6.07) is 14.9. The van der Waals surface area contributed by atoms with Crippen LogP contribution < -0.4 is 0 Å². The molecule has 0 saturated carbocycles. The Morgan fingerprint density at radius 2 is 1.88 bits per heavy atom. The Bertz CT molecular complexity index is 755. The van der Waals surface area contributed by atoms with E-state index in [4.69, 9.17) is 0 Å². The van der Waals surface area contributed by atoms with Crippen LogP contribution in [0.3, 0.4) is 0 Å². The van der Waals surface area contributed by atoms with Gasteiger partial charge in [-0.15, -0.1) is 0 Å². The van der Waals surface area contributed by atoms with Gasteiger partial charge in [0.15, 0.2) is 11.5 Å². The Balaban J connectivity index is 1.82. The number of carbonyl (C=O) groups is 1. The second kappa shape index (κ2) is 7.81. The van der Waals surface area contributed by atoms with Gasteiger partial charge in [-0.3, -0.25) is 4.79 Å². The van der Waals surface area contributed by atoms with E-state index < -0.39 is 0 Å². The molecule has 1 fully saturated rings. The van der Waals surface area contributed by atoms with Crippen LogP contribution >= 0.6 is 0 Å². The second-order valence-electron chi connectivity index (χ2n) is 7.32. The summed E-state index contributed by atoms with van der Waals surface area (Å²) in [5.41, 5.74) is 1.88. The van der Waals surface area contributed by atoms with Crippen LogP contribution in [0.5, 0.6) is 11.5 Å². The molecule has 2 aromatic carbocycles. The van der Waals surface area contributed by atoms with Crippen LogP contribution in [-0.4, -0.2) is 34.1 Å². The van der Waals surface area contributed by atoms with Crippen molar-refractivity contribution < 1.29 is 15.0 Å². The summed E-state index contributed by atoms with van der Waals surface area (Å²) in [6.45, 7) is 3.59. The van der Waals surface area contributed by atoms with Gasteiger partial charge in [0.2, 0.25) is 5.91 Å². The molecule has 0 aliphatic carbocycles. The van der Waals surface area contributed by atoms with Crippen LogP contribution in [0.2, 0.25) is 0 Å². The number of benzene rings is 2. The van der Waals surface area contributed by atoms with Crippen molar-refractivity contribution in [2.75, 3.05) is 13.1 Å². The van der Waals surface area contributed by atoms with Crippen molar-refractivity contribution in [1.29, 1.82) is 0 Å². The molecule has 0 spiro atoms. The van der Waals surface area contributed by atoms with Crippen molar-refractivity contribution in [3.63, 3.8) is 0 Å². The zero-order valence-electron chi connectivity index (χ0n) is 15.3. The molecule has 1 atom stereocenters. The molecule has 138 valence electrons. The number of amides is 1. The van der Waals surface area contributed by atoms with Crippen LogP contribution in [0, 0.1) is 0 Å². The summed E-state index contributed by atoms with van der Waals surface area (Å²) in [5.74, 6) is -0.0432. The third-order valence-corrected chi connectivity index (χ3v) is 5.44. The molecule has 1 saturated heterocycles. The predicted molar refractivity (Wildman–Crippen MR) is 102 cm³/mol. The Morgan fingerprint density at radius 3 is 2.58 bits per heavy atom. The zero-order valence-corrected chi connectivity index (χ0v) is 15.3. The number of phenols is 2. The van der Waals surface area contributed by atoms with Crippen LogP contribution in [0.1, 0.15) is 43.7 Å². The number of rotatable bonds is 5. The quantitative estimate of drug-likeness (QED) is 0.799. The number of hydrogen-bond donors (Lipinski definition) is 2. The lowest BCUT2D eigenvalue weighted by molar-refractivity contribution is -0.132. The standard InChI is InChI=1S/C22H27NO3/c1-2-11-22(18-9-10-19(24)20(25)15-18)12-6-13-23(16-22)21(26)14-17-7-4-3-5-8-17/h3-5,7-10,15,24-25H,2,6,11-14,16H2,1H3. The molecule has 1 unspecified atom stereocenters. The highest BCUT2D eigenvalue weighted by molar-refractivity contribution is 5.79. The fourth-order valence-corrected chi connectivity index (χ4v) is 4.14. The van der Waals surface area contributed by atoms with Gasteiger partial charge in [0, 0.05) is 18.5 Å². The molecule has 0 radical (unpaired) electrons. The van der Waals surface area contributed by atoms with Gasteiger partial charge in [-0.25, -0.2) is 0 Å². The molecule has 0 bridgehead atoms. The normalized spacial score (nSPS) is 20.1. The van der Waals surface area contributed by atoms with Gasteiger partial charge in [-0.05, 0) is 42.5 Å². The zero-order chi connectivity index (χ0) is 18.6. The molecule has 1 amide bonds. The number of aromatic hydroxyl groups is 2. The maximum atomic E-state index is 12.8. The van der Waals surface area contributed by atoms with E-state index in [0.717, 1.165) is 43.4 Å². The Morgan fingerprint density at radius 1 is 1.12 bits per heavy atom. The van der Waals surface area contributed by atoms with Crippen LogP contribution in [0.15, 0.2) is 48.5 Å². The van der Waals surface area contributed by atoms with Crippen LogP contribution in [0.25, 0.3) is 0 Å². The van der Waals surface area contributed by atoms with E-state index >= 15 is 0 Å². The Labute approximate surface area is 155 Å². The molecule has 1 aliphatic rings. The van der Waals surface area contributed by atoms with Crippen LogP contribution in [-0.2, 0) is 16.6 Å². The first-order chi connectivity index (χ1) is 12.5. The van der Waals surface area contributed by atoms with Gasteiger partial charge >= 0.3 is 0 Å². The number of piperidine rings is 1. The Kier molecular flexibility index (Phi) is 5.50. The number of hydrogen-bond acceptors (Lipinski definition) is 3. The molecule has 4 heteroatoms. The van der Waals surface area contributed by atoms with Crippen molar-refractivity contribution >= 4 is 5.91 Å². The van der Waals surface area contributed by atoms with E-state index in [2.05, 4.69) is 6.92 Å². The highest BCUT2D eigenvalue weighted by Gasteiger charge is 2.38. The summed E-state index contributed by atoms with van der Waals surface area (Å²) >= 11 is 0. The lowest BCUT2D eigenvalue weighted by Crippen LogP contribution is -2.49. The van der Waals surface area contributed by atoms with Crippen molar-refractivity contribution in [3.8, 4) is 11.5 Å². The molecule has 1 aliphatic heterocycles. The fraction of sp³-hybridized carbons (Fsp3) is 0.409. The lowest BCUT2D eigenvalue weighted by Gasteiger charge is -2.43. The highest BCUT2D eigenvalue weighted by Crippen LogP contribution is 2.41. The molecule has 0 aromatic heterocycles. The molecule has 2 N–H and O–H groups in total. The maximum absolute atomic E-state index is 12.8. The maximum Gasteiger partial charge on any atom is 0.227 e. The molecule has 2 aromatic rings. The smallest absolute Gasteiger partial charge is 0.227 e. The monoisotopic (exact) mass is 353 g/mol. The van der Waals surface area contributed by atoms with E-state index in [1.165, 1.54) is 0 Å². The number of likely N-dealkylation sites (tertiary alicyclic amines) is 1. The molecular formula is C22H27NO3. The second-order valence-corrected chi connectivity index (χ2v) is 7.32. The van der Waals surface area contributed by atoms with E-state index in [-0.39, 0.29) is 22.8 Å². The number of carbonyl (C=O) groups excluding carboxylic acids is 1. The third kappa shape index (κ3) is 3.85. The van der Waals surface area contributed by atoms with Crippen molar-refractivity contribution in [2.24, 2.45) is 0 Å². The average Bonchev–Trinajstić information content (AvgIpc) is 2.65. The van der Waals surface area contributed by atoms with Crippen LogP contribution in [0.4, 0.5) is 0 Å². The SMILES string of the molecule is CCCC1(c2ccc(O)c(O)c2)CCCN(C(=O)Cc2ccccc2)C1. The molecule has 4 nitrogen and oxygen atoms in total.